The van der Waals surface area contributed by atoms with Crippen LogP contribution in [0.2, 0.25) is 0 Å². The van der Waals surface area contributed by atoms with Gasteiger partial charge in [0.05, 0.1) is 6.61 Å². The van der Waals surface area contributed by atoms with Crippen molar-refractivity contribution in [2.45, 2.75) is 18.9 Å². The monoisotopic (exact) mass is 116 g/mol. The number of hydrogen-bond acceptors (Lipinski definition) is 2. The molecule has 0 saturated carbocycles. The number of hydrogen-bond donors (Lipinski definition) is 1. The maximum atomic E-state index is 7.64. The van der Waals surface area contributed by atoms with Crippen molar-refractivity contribution in [1.82, 2.24) is 5.32 Å². The molecule has 2 heteroatoms. The van der Waals surface area contributed by atoms with Crippen molar-refractivity contribution in [2.75, 3.05) is 20.3 Å². The lowest BCUT2D eigenvalue weighted by Crippen LogP contribution is -2.25. The largest absolute Gasteiger partial charge is 0.383 e. The Morgan fingerprint density at radius 2 is 2.88 bits per heavy atom. The van der Waals surface area contributed by atoms with Crippen molar-refractivity contribution in [2.24, 2.45) is 0 Å². The molecule has 8 heavy (non-hydrogen) atoms. The van der Waals surface area contributed by atoms with E-state index in [-0.39, 0.29) is 0 Å². The van der Waals surface area contributed by atoms with E-state index in [9.17, 15) is 0 Å². The zero-order chi connectivity index (χ0) is 6.74. The molecule has 0 bridgehead atoms. The summed E-state index contributed by atoms with van der Waals surface area (Å²) in [5.74, 6) is 0. The van der Waals surface area contributed by atoms with Gasteiger partial charge in [0, 0.05) is 14.5 Å². The molecule has 0 radical (unpaired) electrons. The summed E-state index contributed by atoms with van der Waals surface area (Å²) in [6.45, 7) is 1.47. The molecule has 1 N–H and O–H groups in total. The Morgan fingerprint density at radius 3 is 3.38 bits per heavy atom. The Balaban J connectivity index is 2.32. The highest BCUT2D eigenvalue weighted by atomic mass is 16.5. The van der Waals surface area contributed by atoms with Crippen LogP contribution in [0, 0.1) is 0 Å². The van der Waals surface area contributed by atoms with Crippen molar-refractivity contribution >= 4 is 0 Å². The molecule has 1 heterocycles. The van der Waals surface area contributed by atoms with Gasteiger partial charge in [-0.3, -0.25) is 0 Å². The van der Waals surface area contributed by atoms with Gasteiger partial charge in [0.2, 0.25) is 0 Å². The first kappa shape index (κ1) is 4.77. The summed E-state index contributed by atoms with van der Waals surface area (Å²) in [5.41, 5.74) is 0. The van der Waals surface area contributed by atoms with E-state index in [2.05, 4.69) is 5.32 Å². The van der Waals surface area contributed by atoms with Gasteiger partial charge in [-0.2, -0.15) is 0 Å². The lowest BCUT2D eigenvalue weighted by atomic mass is 10.2. The van der Waals surface area contributed by atoms with Crippen LogP contribution in [0.3, 0.4) is 0 Å². The van der Waals surface area contributed by atoms with Gasteiger partial charge in [-0.05, 0) is 19.4 Å². The predicted octanol–water partition coefficient (Wildman–Crippen LogP) is 0.385. The normalized spacial score (nSPS) is 39.9. The van der Waals surface area contributed by atoms with Gasteiger partial charge in [0.25, 0.3) is 0 Å². The first-order valence-electron chi connectivity index (χ1n) is 3.51. The molecular weight excluding hydrogens is 102 g/mol. The Kier molecular flexibility index (Phi) is 1.82. The fourth-order valence-corrected chi connectivity index (χ4v) is 0.953. The van der Waals surface area contributed by atoms with E-state index >= 15 is 0 Å². The fourth-order valence-electron chi connectivity index (χ4n) is 0.953. The van der Waals surface area contributed by atoms with Crippen molar-refractivity contribution in [1.29, 1.82) is 0 Å². The number of methoxy groups -OCH3 is 1. The molecule has 0 aromatic heterocycles. The van der Waals surface area contributed by atoms with Crippen molar-refractivity contribution < 1.29 is 6.11 Å². The Labute approximate surface area is 51.6 Å². The standard InChI is InChI=1S/C6H13NO/c1-8-5-6-3-2-4-7-6/h6-7H,2-5H2,1H3/i6D. The van der Waals surface area contributed by atoms with Crippen LogP contribution in [0.1, 0.15) is 14.2 Å². The van der Waals surface area contributed by atoms with Crippen LogP contribution in [0.15, 0.2) is 0 Å². The summed E-state index contributed by atoms with van der Waals surface area (Å²) >= 11 is 0. The highest BCUT2D eigenvalue weighted by molar-refractivity contribution is 4.72. The van der Waals surface area contributed by atoms with E-state index in [1.807, 2.05) is 0 Å². The van der Waals surface area contributed by atoms with Gasteiger partial charge < -0.3 is 10.1 Å². The second-order valence-electron chi connectivity index (χ2n) is 2.07. The van der Waals surface area contributed by atoms with Crippen LogP contribution >= 0.6 is 0 Å². The summed E-state index contributed by atoms with van der Waals surface area (Å²) in [6.07, 6.45) is 2.02. The number of ether oxygens (including phenoxy) is 1. The maximum absolute atomic E-state index is 7.64. The zero-order valence-electron chi connectivity index (χ0n) is 6.24. The molecule has 1 aliphatic rings. The lowest BCUT2D eigenvalue weighted by molar-refractivity contribution is 0.173. The molecule has 48 valence electrons. The number of nitrogens with one attached hydrogen (secondary N) is 1. The highest BCUT2D eigenvalue weighted by Crippen LogP contribution is 2.03. The second kappa shape index (κ2) is 3.05. The van der Waals surface area contributed by atoms with Gasteiger partial charge in [-0.1, -0.05) is 0 Å². The van der Waals surface area contributed by atoms with Crippen molar-refractivity contribution in [3.8, 4) is 0 Å². The van der Waals surface area contributed by atoms with E-state index in [1.54, 1.807) is 7.11 Å². The minimum Gasteiger partial charge on any atom is -0.383 e. The molecule has 1 rings (SSSR count). The molecule has 0 aliphatic carbocycles. The highest BCUT2D eigenvalue weighted by Gasteiger charge is 2.11. The fraction of sp³-hybridized carbons (Fsp3) is 1.00. The van der Waals surface area contributed by atoms with Crippen LogP contribution in [-0.4, -0.2) is 26.3 Å². The summed E-state index contributed by atoms with van der Waals surface area (Å²) in [6, 6.07) is -0.477. The molecule has 0 amide bonds. The molecular formula is C6H13NO. The summed E-state index contributed by atoms with van der Waals surface area (Å²) in [4.78, 5) is 0. The van der Waals surface area contributed by atoms with Crippen LogP contribution in [0.25, 0.3) is 0 Å². The van der Waals surface area contributed by atoms with Crippen molar-refractivity contribution in [3.63, 3.8) is 0 Å². The third kappa shape index (κ3) is 1.46. The SMILES string of the molecule is [2H]C1(COC)CCCN1. The van der Waals surface area contributed by atoms with Crippen LogP contribution < -0.4 is 5.32 Å². The quantitative estimate of drug-likeness (QED) is 0.563. The molecule has 0 aromatic carbocycles. The third-order valence-electron chi connectivity index (χ3n) is 1.35. The molecule has 0 aromatic rings. The topological polar surface area (TPSA) is 21.3 Å². The first-order valence-corrected chi connectivity index (χ1v) is 3.01. The molecule has 1 saturated heterocycles. The van der Waals surface area contributed by atoms with E-state index < -0.39 is 6.02 Å². The molecule has 1 fully saturated rings. The molecule has 0 spiro atoms. The van der Waals surface area contributed by atoms with Crippen molar-refractivity contribution in [3.05, 3.63) is 0 Å². The maximum Gasteiger partial charge on any atom is 0.0615 e. The predicted molar refractivity (Wildman–Crippen MR) is 32.9 cm³/mol. The summed E-state index contributed by atoms with van der Waals surface area (Å²) in [5, 5.41) is 3.08. The minimum atomic E-state index is -0.477. The van der Waals surface area contributed by atoms with Crippen LogP contribution in [-0.2, 0) is 4.74 Å². The summed E-state index contributed by atoms with van der Waals surface area (Å²) < 4.78 is 12.5. The van der Waals surface area contributed by atoms with E-state index in [0.29, 0.717) is 6.61 Å². The average Bonchev–Trinajstić information content (AvgIpc) is 2.16. The first-order chi connectivity index (χ1) is 4.27. The second-order valence-corrected chi connectivity index (χ2v) is 2.07. The van der Waals surface area contributed by atoms with E-state index in [0.717, 1.165) is 19.4 Å². The Morgan fingerprint density at radius 1 is 2.00 bits per heavy atom. The van der Waals surface area contributed by atoms with E-state index in [1.165, 1.54) is 0 Å². The lowest BCUT2D eigenvalue weighted by Gasteiger charge is -2.05. The van der Waals surface area contributed by atoms with Gasteiger partial charge >= 0.3 is 0 Å². The van der Waals surface area contributed by atoms with Crippen LogP contribution in [0.4, 0.5) is 0 Å². The number of rotatable bonds is 2. The Bertz CT molecular complexity index is 91.1. The molecule has 1 aliphatic heterocycles. The van der Waals surface area contributed by atoms with Gasteiger partial charge in [0.1, 0.15) is 0 Å². The minimum absolute atomic E-state index is 0.477. The van der Waals surface area contributed by atoms with Crippen LogP contribution in [0.5, 0.6) is 0 Å². The van der Waals surface area contributed by atoms with Gasteiger partial charge in [0.15, 0.2) is 0 Å². The third-order valence-corrected chi connectivity index (χ3v) is 1.35. The summed E-state index contributed by atoms with van der Waals surface area (Å²) in [7, 11) is 1.64. The van der Waals surface area contributed by atoms with Gasteiger partial charge in [-0.25, -0.2) is 0 Å². The van der Waals surface area contributed by atoms with Gasteiger partial charge in [-0.15, -0.1) is 0 Å². The molecule has 2 nitrogen and oxygen atoms in total. The zero-order valence-corrected chi connectivity index (χ0v) is 5.24. The molecule has 1 unspecified atom stereocenters. The van der Waals surface area contributed by atoms with E-state index in [4.69, 9.17) is 6.11 Å². The average molecular weight is 116 g/mol. The smallest absolute Gasteiger partial charge is 0.0615 e. The molecule has 1 atom stereocenters. The Hall–Kier alpha value is -0.0800.